The summed E-state index contributed by atoms with van der Waals surface area (Å²) in [6, 6.07) is 8.19. The molecule has 0 radical (unpaired) electrons. The highest BCUT2D eigenvalue weighted by Crippen LogP contribution is 2.18. The van der Waals surface area contributed by atoms with Gasteiger partial charge in [0.25, 0.3) is 0 Å². The van der Waals surface area contributed by atoms with Crippen molar-refractivity contribution >= 4 is 28.9 Å². The Labute approximate surface area is 115 Å². The smallest absolute Gasteiger partial charge is 0.147 e. The van der Waals surface area contributed by atoms with Gasteiger partial charge < -0.3 is 5.32 Å². The van der Waals surface area contributed by atoms with E-state index in [-0.39, 0.29) is 5.82 Å². The molecule has 0 saturated heterocycles. The summed E-state index contributed by atoms with van der Waals surface area (Å²) in [5.74, 6) is -0.350. The van der Waals surface area contributed by atoms with Crippen molar-refractivity contribution in [2.75, 3.05) is 11.9 Å². The molecule has 0 bridgehead atoms. The van der Waals surface area contributed by atoms with Gasteiger partial charge in [-0.3, -0.25) is 0 Å². The van der Waals surface area contributed by atoms with E-state index in [0.717, 1.165) is 12.0 Å². The normalized spacial score (nSPS) is 10.4. The van der Waals surface area contributed by atoms with Crippen LogP contribution in [0.1, 0.15) is 5.56 Å². The maximum Gasteiger partial charge on any atom is 0.147 e. The molecule has 1 aromatic carbocycles. The van der Waals surface area contributed by atoms with E-state index in [4.69, 9.17) is 23.2 Å². The van der Waals surface area contributed by atoms with Gasteiger partial charge in [0.15, 0.2) is 0 Å². The quantitative estimate of drug-likeness (QED) is 0.852. The highest BCUT2D eigenvalue weighted by molar-refractivity contribution is 6.30. The van der Waals surface area contributed by atoms with Crippen molar-refractivity contribution in [3.8, 4) is 0 Å². The first-order valence-corrected chi connectivity index (χ1v) is 6.20. The molecule has 2 nitrogen and oxygen atoms in total. The predicted molar refractivity (Wildman–Crippen MR) is 72.9 cm³/mol. The lowest BCUT2D eigenvalue weighted by molar-refractivity contribution is 0.630. The molecule has 18 heavy (non-hydrogen) atoms. The molecule has 94 valence electrons. The van der Waals surface area contributed by atoms with Gasteiger partial charge in [-0.1, -0.05) is 29.3 Å². The van der Waals surface area contributed by atoms with Crippen LogP contribution in [0.5, 0.6) is 0 Å². The number of aromatic nitrogens is 1. The zero-order valence-corrected chi connectivity index (χ0v) is 11.0. The zero-order chi connectivity index (χ0) is 13.0. The van der Waals surface area contributed by atoms with Crippen LogP contribution in [-0.4, -0.2) is 11.5 Å². The predicted octanol–water partition coefficient (Wildman–Crippen LogP) is 4.18. The van der Waals surface area contributed by atoms with Crippen LogP contribution >= 0.6 is 23.2 Å². The number of benzene rings is 1. The molecule has 0 atom stereocenters. The van der Waals surface area contributed by atoms with Crippen LogP contribution in [0.3, 0.4) is 0 Å². The molecule has 2 aromatic rings. The van der Waals surface area contributed by atoms with Crippen LogP contribution in [0.25, 0.3) is 0 Å². The highest BCUT2D eigenvalue weighted by Gasteiger charge is 2.02. The van der Waals surface area contributed by atoms with Crippen molar-refractivity contribution in [2.45, 2.75) is 6.42 Å². The van der Waals surface area contributed by atoms with Crippen LogP contribution in [0, 0.1) is 5.82 Å². The highest BCUT2D eigenvalue weighted by atomic mass is 35.5. The number of nitrogens with one attached hydrogen (secondary N) is 1. The molecule has 1 heterocycles. The van der Waals surface area contributed by atoms with Crippen molar-refractivity contribution in [1.29, 1.82) is 0 Å². The average Bonchev–Trinajstić information content (AvgIpc) is 2.34. The van der Waals surface area contributed by atoms with E-state index >= 15 is 0 Å². The van der Waals surface area contributed by atoms with Gasteiger partial charge in [0.2, 0.25) is 0 Å². The van der Waals surface area contributed by atoms with Crippen LogP contribution in [0.4, 0.5) is 10.1 Å². The lowest BCUT2D eigenvalue weighted by Crippen LogP contribution is -2.06. The molecular formula is C13H11Cl2FN2. The Balaban J connectivity index is 1.90. The van der Waals surface area contributed by atoms with Crippen molar-refractivity contribution in [2.24, 2.45) is 0 Å². The first-order chi connectivity index (χ1) is 8.65. The molecular weight excluding hydrogens is 274 g/mol. The van der Waals surface area contributed by atoms with Crippen LogP contribution < -0.4 is 5.32 Å². The Kier molecular flexibility index (Phi) is 4.39. The molecule has 0 fully saturated rings. The molecule has 1 N–H and O–H groups in total. The van der Waals surface area contributed by atoms with Crippen molar-refractivity contribution in [3.63, 3.8) is 0 Å². The lowest BCUT2D eigenvalue weighted by Gasteiger charge is -2.07. The van der Waals surface area contributed by atoms with E-state index in [0.29, 0.717) is 22.4 Å². The minimum Gasteiger partial charge on any atom is -0.382 e. The van der Waals surface area contributed by atoms with E-state index in [1.54, 1.807) is 24.4 Å². The Hall–Kier alpha value is -1.32. The second-order valence-corrected chi connectivity index (χ2v) is 4.61. The van der Waals surface area contributed by atoms with Crippen LogP contribution in [0.15, 0.2) is 36.5 Å². The van der Waals surface area contributed by atoms with Crippen LogP contribution in [0.2, 0.25) is 10.2 Å². The zero-order valence-electron chi connectivity index (χ0n) is 9.46. The topological polar surface area (TPSA) is 24.9 Å². The van der Waals surface area contributed by atoms with Crippen LogP contribution in [-0.2, 0) is 6.42 Å². The summed E-state index contributed by atoms with van der Waals surface area (Å²) in [6.07, 6.45) is 2.45. The third kappa shape index (κ3) is 3.59. The molecule has 0 saturated carbocycles. The summed E-state index contributed by atoms with van der Waals surface area (Å²) in [5.41, 5.74) is 1.49. The Bertz CT molecular complexity index is 529. The number of pyridine rings is 1. The molecule has 0 unspecified atom stereocenters. The number of nitrogens with zero attached hydrogens (tertiary/aromatic N) is 1. The fourth-order valence-electron chi connectivity index (χ4n) is 1.53. The standard InChI is InChI=1S/C13H11Cl2FN2/c14-10-2-3-12(11(16)7-10)17-6-5-9-1-4-13(15)18-8-9/h1-4,7-8,17H,5-6H2. The average molecular weight is 285 g/mol. The fraction of sp³-hybridized carbons (Fsp3) is 0.154. The number of rotatable bonds is 4. The van der Waals surface area contributed by atoms with Crippen molar-refractivity contribution in [3.05, 3.63) is 58.1 Å². The molecule has 2 rings (SSSR count). The molecule has 0 amide bonds. The van der Waals surface area contributed by atoms with E-state index in [1.165, 1.54) is 6.07 Å². The van der Waals surface area contributed by atoms with Gasteiger partial charge in [0.1, 0.15) is 11.0 Å². The van der Waals surface area contributed by atoms with E-state index < -0.39 is 0 Å². The van der Waals surface area contributed by atoms with Crippen molar-refractivity contribution < 1.29 is 4.39 Å². The van der Waals surface area contributed by atoms with E-state index in [9.17, 15) is 4.39 Å². The number of halogens is 3. The number of hydrogen-bond acceptors (Lipinski definition) is 2. The third-order valence-electron chi connectivity index (χ3n) is 2.45. The second kappa shape index (κ2) is 6.03. The summed E-state index contributed by atoms with van der Waals surface area (Å²) < 4.78 is 13.5. The van der Waals surface area contributed by atoms with E-state index in [2.05, 4.69) is 10.3 Å². The van der Waals surface area contributed by atoms with Gasteiger partial charge in [-0.25, -0.2) is 9.37 Å². The SMILES string of the molecule is Fc1cc(Cl)ccc1NCCc1ccc(Cl)nc1. The van der Waals surface area contributed by atoms with Crippen molar-refractivity contribution in [1.82, 2.24) is 4.98 Å². The largest absolute Gasteiger partial charge is 0.382 e. The molecule has 0 aliphatic rings. The van der Waals surface area contributed by atoms with Gasteiger partial charge in [-0.2, -0.15) is 0 Å². The summed E-state index contributed by atoms with van der Waals surface area (Å²) in [6.45, 7) is 0.613. The Morgan fingerprint density at radius 3 is 2.67 bits per heavy atom. The minimum absolute atomic E-state index is 0.350. The first kappa shape index (κ1) is 13.1. The Morgan fingerprint density at radius 2 is 2.00 bits per heavy atom. The van der Waals surface area contributed by atoms with Gasteiger partial charge in [0, 0.05) is 17.8 Å². The molecule has 5 heteroatoms. The summed E-state index contributed by atoms with van der Waals surface area (Å²) in [5, 5.41) is 3.87. The second-order valence-electron chi connectivity index (χ2n) is 3.79. The molecule has 0 aliphatic carbocycles. The van der Waals surface area contributed by atoms with Gasteiger partial charge in [-0.05, 0) is 36.2 Å². The maximum atomic E-state index is 13.5. The van der Waals surface area contributed by atoms with E-state index in [1.807, 2.05) is 6.07 Å². The number of hydrogen-bond donors (Lipinski definition) is 1. The monoisotopic (exact) mass is 284 g/mol. The summed E-state index contributed by atoms with van der Waals surface area (Å²) in [7, 11) is 0. The van der Waals surface area contributed by atoms with Gasteiger partial charge in [-0.15, -0.1) is 0 Å². The lowest BCUT2D eigenvalue weighted by atomic mass is 10.2. The third-order valence-corrected chi connectivity index (χ3v) is 2.91. The summed E-state index contributed by atoms with van der Waals surface area (Å²) in [4.78, 5) is 3.98. The Morgan fingerprint density at radius 1 is 1.17 bits per heavy atom. The van der Waals surface area contributed by atoms with Gasteiger partial charge >= 0.3 is 0 Å². The fourth-order valence-corrected chi connectivity index (χ4v) is 1.80. The molecule has 1 aromatic heterocycles. The first-order valence-electron chi connectivity index (χ1n) is 5.44. The van der Waals surface area contributed by atoms with Gasteiger partial charge in [0.05, 0.1) is 5.69 Å². The summed E-state index contributed by atoms with van der Waals surface area (Å²) >= 11 is 11.4. The number of anilines is 1. The molecule has 0 spiro atoms. The maximum absolute atomic E-state index is 13.5. The minimum atomic E-state index is -0.350. The molecule has 0 aliphatic heterocycles.